The van der Waals surface area contributed by atoms with E-state index >= 15 is 0 Å². The highest BCUT2D eigenvalue weighted by atomic mass is 28.4. The molecule has 3 saturated heterocycles. The van der Waals surface area contributed by atoms with Crippen LogP contribution in [-0.4, -0.2) is 70.9 Å². The normalized spacial score (nSPS) is 35.5. The molecule has 2 bridgehead atoms. The Hall–Kier alpha value is -0.733. The van der Waals surface area contributed by atoms with Crippen LogP contribution in [0.4, 0.5) is 0 Å². The highest BCUT2D eigenvalue weighted by Crippen LogP contribution is 2.31. The summed E-state index contributed by atoms with van der Waals surface area (Å²) < 4.78 is 25.4. The Morgan fingerprint density at radius 1 is 1.24 bits per heavy atom. The summed E-state index contributed by atoms with van der Waals surface area (Å²) in [6.07, 6.45) is 4.13. The van der Waals surface area contributed by atoms with E-state index in [9.17, 15) is 4.79 Å². The van der Waals surface area contributed by atoms with Gasteiger partial charge < -0.3 is 22.5 Å². The molecule has 3 aliphatic heterocycles. The number of quaternary nitrogens is 1. The van der Waals surface area contributed by atoms with Crippen molar-refractivity contribution in [3.05, 3.63) is 12.7 Å². The average Bonchev–Trinajstić information content (AvgIpc) is 2.59. The quantitative estimate of drug-likeness (QED) is 0.215. The number of hydrogen-bond acceptors (Lipinski definition) is 5. The van der Waals surface area contributed by atoms with Crippen molar-refractivity contribution in [2.24, 2.45) is 0 Å². The second-order valence-corrected chi connectivity index (χ2v) is 9.68. The van der Waals surface area contributed by atoms with Crippen LogP contribution in [-0.2, 0) is 22.8 Å². The SMILES string of the molecule is C=CC(=O)OCCC[Si]12OCC[N+](CC)(CC(CC)O1)CC(CC)O2. The molecule has 3 aliphatic rings. The molecule has 0 N–H and O–H groups in total. The molecule has 3 heterocycles. The van der Waals surface area contributed by atoms with E-state index in [-0.39, 0.29) is 18.2 Å². The fraction of sp³-hybridized carbons (Fsp3) is 0.833. The zero-order valence-electron chi connectivity index (χ0n) is 16.0. The zero-order valence-corrected chi connectivity index (χ0v) is 17.0. The van der Waals surface area contributed by atoms with Crippen molar-refractivity contribution in [1.29, 1.82) is 0 Å². The van der Waals surface area contributed by atoms with Crippen molar-refractivity contribution >= 4 is 14.8 Å². The number of rotatable bonds is 8. The Kier molecular flexibility index (Phi) is 7.63. The molecule has 2 atom stereocenters. The molecular weight excluding hydrogens is 338 g/mol. The lowest BCUT2D eigenvalue weighted by Crippen LogP contribution is -2.67. The Morgan fingerprint density at radius 3 is 2.40 bits per heavy atom. The van der Waals surface area contributed by atoms with Crippen molar-refractivity contribution in [3.63, 3.8) is 0 Å². The molecule has 25 heavy (non-hydrogen) atoms. The number of carbonyl (C=O) groups excluding carboxylic acids is 1. The van der Waals surface area contributed by atoms with Crippen LogP contribution >= 0.6 is 0 Å². The van der Waals surface area contributed by atoms with Crippen molar-refractivity contribution in [2.45, 2.75) is 58.3 Å². The summed E-state index contributed by atoms with van der Waals surface area (Å²) in [6.45, 7) is 15.2. The fourth-order valence-corrected chi connectivity index (χ4v) is 6.80. The summed E-state index contributed by atoms with van der Waals surface area (Å²) in [5, 5.41) is 0. The summed E-state index contributed by atoms with van der Waals surface area (Å²) >= 11 is 0. The van der Waals surface area contributed by atoms with Crippen LogP contribution in [0.5, 0.6) is 0 Å². The topological polar surface area (TPSA) is 54.0 Å². The van der Waals surface area contributed by atoms with Gasteiger partial charge in [-0.1, -0.05) is 20.4 Å². The summed E-state index contributed by atoms with van der Waals surface area (Å²) in [5.41, 5.74) is 0. The summed E-state index contributed by atoms with van der Waals surface area (Å²) in [4.78, 5) is 11.2. The highest BCUT2D eigenvalue weighted by molar-refractivity contribution is 6.60. The first-order chi connectivity index (χ1) is 12.0. The van der Waals surface area contributed by atoms with Gasteiger partial charge in [-0.25, -0.2) is 4.79 Å². The monoisotopic (exact) mass is 372 g/mol. The maximum absolute atomic E-state index is 11.2. The van der Waals surface area contributed by atoms with Gasteiger partial charge in [0, 0.05) is 12.1 Å². The average molecular weight is 373 g/mol. The molecule has 0 radical (unpaired) electrons. The number of likely N-dealkylation sites (N-methyl/N-ethyl adjacent to an activating group) is 1. The van der Waals surface area contributed by atoms with Crippen LogP contribution < -0.4 is 0 Å². The minimum absolute atomic E-state index is 0.167. The van der Waals surface area contributed by atoms with Crippen molar-refractivity contribution in [3.8, 4) is 0 Å². The Balaban J connectivity index is 2.11. The molecule has 144 valence electrons. The zero-order chi connectivity index (χ0) is 18.3. The molecule has 0 aromatic heterocycles. The van der Waals surface area contributed by atoms with E-state index in [1.165, 1.54) is 6.08 Å². The smallest absolute Gasteiger partial charge is 0.463 e. The largest absolute Gasteiger partial charge is 0.502 e. The van der Waals surface area contributed by atoms with Gasteiger partial charge in [-0.2, -0.15) is 0 Å². The standard InChI is InChI=1S/C18H34NO5Si/c1-5-16-14-19(8-4)10-12-22-25(23-16,24-17(6-2)15-19)13-9-11-21-18(20)7-3/h7,16-17H,3,5-6,8-15H2,1-2,4H3/q+1. The fourth-order valence-electron chi connectivity index (χ4n) is 3.75. The summed E-state index contributed by atoms with van der Waals surface area (Å²) in [7, 11) is -2.75. The Morgan fingerprint density at radius 2 is 1.88 bits per heavy atom. The lowest BCUT2D eigenvalue weighted by atomic mass is 10.1. The van der Waals surface area contributed by atoms with Crippen molar-refractivity contribution in [1.82, 2.24) is 0 Å². The van der Waals surface area contributed by atoms with E-state index in [4.69, 9.17) is 18.0 Å². The molecule has 0 aromatic carbocycles. The number of carbonyl (C=O) groups is 1. The van der Waals surface area contributed by atoms with E-state index in [0.717, 1.165) is 43.5 Å². The molecule has 3 rings (SSSR count). The molecule has 0 amide bonds. The molecule has 0 aromatic rings. The summed E-state index contributed by atoms with van der Waals surface area (Å²) in [6, 6.07) is 0.691. The summed E-state index contributed by atoms with van der Waals surface area (Å²) in [5.74, 6) is -0.389. The minimum atomic E-state index is -2.75. The van der Waals surface area contributed by atoms with Crippen LogP contribution in [0, 0.1) is 0 Å². The van der Waals surface area contributed by atoms with E-state index in [1.54, 1.807) is 0 Å². The van der Waals surface area contributed by atoms with Gasteiger partial charge in [0.1, 0.15) is 19.6 Å². The third-order valence-corrected chi connectivity index (χ3v) is 8.38. The molecule has 3 fully saturated rings. The van der Waals surface area contributed by atoms with E-state index in [0.29, 0.717) is 25.7 Å². The number of nitrogens with zero attached hydrogens (tertiary/aromatic N) is 1. The van der Waals surface area contributed by atoms with Gasteiger partial charge >= 0.3 is 14.8 Å². The molecule has 0 aliphatic carbocycles. The van der Waals surface area contributed by atoms with E-state index in [2.05, 4.69) is 27.4 Å². The molecule has 0 spiro atoms. The van der Waals surface area contributed by atoms with Crippen molar-refractivity contribution in [2.75, 3.05) is 39.4 Å². The Labute approximate surface area is 153 Å². The van der Waals surface area contributed by atoms with Crippen molar-refractivity contribution < 1.29 is 27.3 Å². The van der Waals surface area contributed by atoms with Gasteiger partial charge in [0.2, 0.25) is 0 Å². The highest BCUT2D eigenvalue weighted by Gasteiger charge is 2.51. The molecule has 7 heteroatoms. The lowest BCUT2D eigenvalue weighted by molar-refractivity contribution is -0.934. The first-order valence-electron chi connectivity index (χ1n) is 9.64. The van der Waals surface area contributed by atoms with Crippen LogP contribution in [0.2, 0.25) is 6.04 Å². The third kappa shape index (κ3) is 5.37. The Bertz CT molecular complexity index is 443. The molecule has 0 saturated carbocycles. The maximum atomic E-state index is 11.2. The predicted molar refractivity (Wildman–Crippen MR) is 98.0 cm³/mol. The van der Waals surface area contributed by atoms with E-state index < -0.39 is 8.80 Å². The number of fused-ring (bicyclic) bond motifs is 6. The van der Waals surface area contributed by atoms with Gasteiger partial charge in [0.25, 0.3) is 0 Å². The second kappa shape index (κ2) is 9.28. The number of hydrogen-bond donors (Lipinski definition) is 0. The van der Waals surface area contributed by atoms with Gasteiger partial charge in [-0.15, -0.1) is 0 Å². The van der Waals surface area contributed by atoms with Crippen LogP contribution in [0.15, 0.2) is 12.7 Å². The number of esters is 1. The maximum Gasteiger partial charge on any atom is 0.502 e. The minimum Gasteiger partial charge on any atom is -0.463 e. The number of ether oxygens (including phenoxy) is 1. The van der Waals surface area contributed by atoms with Gasteiger partial charge in [0.15, 0.2) is 0 Å². The predicted octanol–water partition coefficient (Wildman–Crippen LogP) is 2.52. The van der Waals surface area contributed by atoms with Gasteiger partial charge in [-0.05, 0) is 26.2 Å². The van der Waals surface area contributed by atoms with Gasteiger partial charge in [-0.3, -0.25) is 0 Å². The van der Waals surface area contributed by atoms with Crippen LogP contribution in [0.1, 0.15) is 40.0 Å². The van der Waals surface area contributed by atoms with Crippen LogP contribution in [0.25, 0.3) is 0 Å². The molecular formula is C18H34NO5Si+. The molecule has 6 nitrogen and oxygen atoms in total. The van der Waals surface area contributed by atoms with Gasteiger partial charge in [0.05, 0.1) is 32.0 Å². The molecule has 2 unspecified atom stereocenters. The lowest BCUT2D eigenvalue weighted by Gasteiger charge is -2.50. The third-order valence-electron chi connectivity index (χ3n) is 5.38. The second-order valence-electron chi connectivity index (χ2n) is 7.05. The van der Waals surface area contributed by atoms with Crippen LogP contribution in [0.3, 0.4) is 0 Å². The van der Waals surface area contributed by atoms with E-state index in [1.807, 2.05) is 0 Å². The first kappa shape index (κ1) is 20.6. The first-order valence-corrected chi connectivity index (χ1v) is 11.6.